The maximum Gasteiger partial charge on any atom is 0.223 e. The van der Waals surface area contributed by atoms with E-state index in [1.54, 1.807) is 13.0 Å². The number of carbonyl (C=O) groups excluding carboxylic acids is 1. The second-order valence-electron chi connectivity index (χ2n) is 5.82. The molecule has 1 aromatic rings. The van der Waals surface area contributed by atoms with Crippen LogP contribution in [0.3, 0.4) is 0 Å². The summed E-state index contributed by atoms with van der Waals surface area (Å²) in [5.41, 5.74) is 1.43. The third kappa shape index (κ3) is 4.68. The molecule has 1 fully saturated rings. The SMILES string of the molecule is Cc1ccc(C(C)NC(=O)[C@H]2CCN[C@@H](C)C2)cc1F.Cl. The van der Waals surface area contributed by atoms with Crippen LogP contribution < -0.4 is 10.6 Å². The zero-order valence-electron chi connectivity index (χ0n) is 12.8. The van der Waals surface area contributed by atoms with Crippen LogP contribution in [0.2, 0.25) is 0 Å². The minimum atomic E-state index is -0.223. The largest absolute Gasteiger partial charge is 0.349 e. The summed E-state index contributed by atoms with van der Waals surface area (Å²) in [5.74, 6) is -0.0880. The van der Waals surface area contributed by atoms with Gasteiger partial charge in [0, 0.05) is 12.0 Å². The molecule has 118 valence electrons. The quantitative estimate of drug-likeness (QED) is 0.900. The van der Waals surface area contributed by atoms with Gasteiger partial charge in [0.25, 0.3) is 0 Å². The Hall–Kier alpha value is -1.13. The average molecular weight is 315 g/mol. The van der Waals surface area contributed by atoms with E-state index in [0.717, 1.165) is 24.9 Å². The molecule has 1 aromatic carbocycles. The number of hydrogen-bond donors (Lipinski definition) is 2. The maximum absolute atomic E-state index is 13.6. The fourth-order valence-electron chi connectivity index (χ4n) is 2.66. The summed E-state index contributed by atoms with van der Waals surface area (Å²) in [5, 5.41) is 6.34. The summed E-state index contributed by atoms with van der Waals surface area (Å²) < 4.78 is 13.6. The van der Waals surface area contributed by atoms with Crippen molar-refractivity contribution < 1.29 is 9.18 Å². The Kier molecular flexibility index (Phi) is 6.62. The molecule has 3 atom stereocenters. The molecular weight excluding hydrogens is 291 g/mol. The van der Waals surface area contributed by atoms with Gasteiger partial charge in [-0.2, -0.15) is 0 Å². The fourth-order valence-corrected chi connectivity index (χ4v) is 2.66. The molecule has 0 aromatic heterocycles. The number of aryl methyl sites for hydroxylation is 1. The predicted molar refractivity (Wildman–Crippen MR) is 85.1 cm³/mol. The highest BCUT2D eigenvalue weighted by Crippen LogP contribution is 2.20. The van der Waals surface area contributed by atoms with Crippen LogP contribution in [0.25, 0.3) is 0 Å². The number of hydrogen-bond acceptors (Lipinski definition) is 2. The summed E-state index contributed by atoms with van der Waals surface area (Å²) in [7, 11) is 0. The highest BCUT2D eigenvalue weighted by atomic mass is 35.5. The van der Waals surface area contributed by atoms with Crippen molar-refractivity contribution in [1.82, 2.24) is 10.6 Å². The minimum Gasteiger partial charge on any atom is -0.349 e. The van der Waals surface area contributed by atoms with Crippen LogP contribution in [0.4, 0.5) is 4.39 Å². The maximum atomic E-state index is 13.6. The lowest BCUT2D eigenvalue weighted by atomic mass is 9.92. The Bertz CT molecular complexity index is 495. The molecule has 0 radical (unpaired) electrons. The Morgan fingerprint density at radius 3 is 2.81 bits per heavy atom. The normalized spacial score (nSPS) is 23.0. The predicted octanol–water partition coefficient (Wildman–Crippen LogP) is 3.12. The lowest BCUT2D eigenvalue weighted by molar-refractivity contribution is -0.126. The van der Waals surface area contributed by atoms with Gasteiger partial charge in [-0.1, -0.05) is 12.1 Å². The topological polar surface area (TPSA) is 41.1 Å². The van der Waals surface area contributed by atoms with Crippen LogP contribution in [-0.2, 0) is 4.79 Å². The molecule has 2 N–H and O–H groups in total. The van der Waals surface area contributed by atoms with Gasteiger partial charge in [0.05, 0.1) is 6.04 Å². The number of nitrogens with one attached hydrogen (secondary N) is 2. The molecule has 1 heterocycles. The zero-order valence-corrected chi connectivity index (χ0v) is 13.6. The first-order chi connectivity index (χ1) is 9.47. The third-order valence-electron chi connectivity index (χ3n) is 4.05. The van der Waals surface area contributed by atoms with Crippen molar-refractivity contribution in [2.24, 2.45) is 5.92 Å². The van der Waals surface area contributed by atoms with E-state index in [9.17, 15) is 9.18 Å². The summed E-state index contributed by atoms with van der Waals surface area (Å²) in [4.78, 5) is 12.2. The van der Waals surface area contributed by atoms with Gasteiger partial charge >= 0.3 is 0 Å². The molecule has 0 bridgehead atoms. The smallest absolute Gasteiger partial charge is 0.223 e. The molecule has 1 unspecified atom stereocenters. The summed E-state index contributed by atoms with van der Waals surface area (Å²) in [6.45, 7) is 6.61. The molecule has 3 nitrogen and oxygen atoms in total. The molecule has 1 saturated heterocycles. The van der Waals surface area contributed by atoms with E-state index in [4.69, 9.17) is 0 Å². The molecular formula is C16H24ClFN2O. The molecule has 1 aliphatic rings. The van der Waals surface area contributed by atoms with Crippen LogP contribution in [0.5, 0.6) is 0 Å². The van der Waals surface area contributed by atoms with E-state index < -0.39 is 0 Å². The molecule has 0 spiro atoms. The van der Waals surface area contributed by atoms with Crippen molar-refractivity contribution in [3.63, 3.8) is 0 Å². The van der Waals surface area contributed by atoms with E-state index in [2.05, 4.69) is 17.6 Å². The van der Waals surface area contributed by atoms with Gasteiger partial charge in [-0.25, -0.2) is 4.39 Å². The number of amides is 1. The standard InChI is InChI=1S/C16H23FN2O.ClH/c1-10-4-5-13(9-15(10)17)12(3)19-16(20)14-6-7-18-11(2)8-14;/h4-5,9,11-12,14,18H,6-8H2,1-3H3,(H,19,20);1H/t11-,12?,14-;/m0./s1. The van der Waals surface area contributed by atoms with Crippen molar-refractivity contribution in [3.8, 4) is 0 Å². The molecule has 21 heavy (non-hydrogen) atoms. The van der Waals surface area contributed by atoms with Gasteiger partial charge in [0.1, 0.15) is 5.82 Å². The Morgan fingerprint density at radius 1 is 1.48 bits per heavy atom. The van der Waals surface area contributed by atoms with E-state index in [1.165, 1.54) is 6.07 Å². The Labute approximate surface area is 132 Å². The van der Waals surface area contributed by atoms with Gasteiger partial charge in [0.15, 0.2) is 0 Å². The molecule has 1 amide bonds. The van der Waals surface area contributed by atoms with Crippen molar-refractivity contribution in [1.29, 1.82) is 0 Å². The number of halogens is 2. The summed E-state index contributed by atoms with van der Waals surface area (Å²) in [6, 6.07) is 5.34. The number of benzene rings is 1. The van der Waals surface area contributed by atoms with Gasteiger partial charge in [-0.05, 0) is 57.4 Å². The van der Waals surface area contributed by atoms with E-state index >= 15 is 0 Å². The second kappa shape index (κ2) is 7.76. The molecule has 2 rings (SSSR count). The van der Waals surface area contributed by atoms with Crippen LogP contribution in [0, 0.1) is 18.7 Å². The van der Waals surface area contributed by atoms with Crippen molar-refractivity contribution in [2.75, 3.05) is 6.54 Å². The van der Waals surface area contributed by atoms with Crippen LogP contribution in [0.15, 0.2) is 18.2 Å². The van der Waals surface area contributed by atoms with E-state index in [1.807, 2.05) is 13.0 Å². The van der Waals surface area contributed by atoms with E-state index in [-0.39, 0.29) is 36.1 Å². The highest BCUT2D eigenvalue weighted by Gasteiger charge is 2.25. The van der Waals surface area contributed by atoms with Crippen molar-refractivity contribution >= 4 is 18.3 Å². The zero-order chi connectivity index (χ0) is 14.7. The van der Waals surface area contributed by atoms with Gasteiger partial charge in [-0.15, -0.1) is 12.4 Å². The first-order valence-electron chi connectivity index (χ1n) is 7.27. The Morgan fingerprint density at radius 2 is 2.19 bits per heavy atom. The summed E-state index contributed by atoms with van der Waals surface area (Å²) >= 11 is 0. The molecule has 1 aliphatic heterocycles. The summed E-state index contributed by atoms with van der Waals surface area (Å²) in [6.07, 6.45) is 1.73. The van der Waals surface area contributed by atoms with Gasteiger partial charge < -0.3 is 10.6 Å². The van der Waals surface area contributed by atoms with Crippen molar-refractivity contribution in [3.05, 3.63) is 35.1 Å². The van der Waals surface area contributed by atoms with Crippen molar-refractivity contribution in [2.45, 2.75) is 45.7 Å². The molecule has 0 saturated carbocycles. The average Bonchev–Trinajstić information content (AvgIpc) is 2.41. The van der Waals surface area contributed by atoms with Gasteiger partial charge in [-0.3, -0.25) is 4.79 Å². The minimum absolute atomic E-state index is 0. The first kappa shape index (κ1) is 17.9. The first-order valence-corrected chi connectivity index (χ1v) is 7.27. The number of carbonyl (C=O) groups is 1. The lowest BCUT2D eigenvalue weighted by Crippen LogP contribution is -2.42. The van der Waals surface area contributed by atoms with Crippen LogP contribution in [-0.4, -0.2) is 18.5 Å². The molecule has 5 heteroatoms. The van der Waals surface area contributed by atoms with Gasteiger partial charge in [0.2, 0.25) is 5.91 Å². The van der Waals surface area contributed by atoms with E-state index in [0.29, 0.717) is 11.6 Å². The second-order valence-corrected chi connectivity index (χ2v) is 5.82. The third-order valence-corrected chi connectivity index (χ3v) is 4.05. The number of piperidine rings is 1. The Balaban J connectivity index is 0.00000220. The fraction of sp³-hybridized carbons (Fsp3) is 0.562. The van der Waals surface area contributed by atoms with Crippen LogP contribution in [0.1, 0.15) is 43.9 Å². The lowest BCUT2D eigenvalue weighted by Gasteiger charge is -2.28. The van der Waals surface area contributed by atoms with Crippen LogP contribution >= 0.6 is 12.4 Å². The highest BCUT2D eigenvalue weighted by molar-refractivity contribution is 5.85. The molecule has 0 aliphatic carbocycles. The monoisotopic (exact) mass is 314 g/mol. The number of rotatable bonds is 3.